The average molecular weight is 346 g/mol. The van der Waals surface area contributed by atoms with Gasteiger partial charge in [-0.3, -0.25) is 4.90 Å². The van der Waals surface area contributed by atoms with Crippen molar-refractivity contribution >= 4 is 11.3 Å². The molecule has 1 N–H and O–H groups in total. The second-order valence-corrected chi connectivity index (χ2v) is 8.33. The molecule has 0 aromatic carbocycles. The Labute approximate surface area is 147 Å². The molecule has 2 aromatic heterocycles. The Hall–Kier alpha value is -1.17. The zero-order valence-corrected chi connectivity index (χ0v) is 14.9. The molecule has 1 saturated carbocycles. The normalized spacial score (nSPS) is 24.0. The van der Waals surface area contributed by atoms with E-state index in [1.165, 1.54) is 42.0 Å². The molecule has 0 bridgehead atoms. The molecule has 0 spiro atoms. The lowest BCUT2D eigenvalue weighted by molar-refractivity contribution is 0.0835. The molecule has 4 nitrogen and oxygen atoms in total. The van der Waals surface area contributed by atoms with E-state index in [0.717, 1.165) is 31.8 Å². The van der Waals surface area contributed by atoms with Crippen LogP contribution in [0.1, 0.15) is 72.6 Å². The molecule has 0 radical (unpaired) electrons. The van der Waals surface area contributed by atoms with Crippen molar-refractivity contribution in [1.29, 1.82) is 0 Å². The van der Waals surface area contributed by atoms with Crippen LogP contribution >= 0.6 is 11.3 Å². The summed E-state index contributed by atoms with van der Waals surface area (Å²) in [5.74, 6) is 1.43. The monoisotopic (exact) mass is 346 g/mol. The van der Waals surface area contributed by atoms with Crippen molar-refractivity contribution in [3.8, 4) is 0 Å². The highest BCUT2D eigenvalue weighted by molar-refractivity contribution is 7.11. The predicted octanol–water partition coefficient (Wildman–Crippen LogP) is 4.48. The Morgan fingerprint density at radius 1 is 1.29 bits per heavy atom. The number of hydrogen-bond donors (Lipinski definition) is 1. The van der Waals surface area contributed by atoms with Gasteiger partial charge in [0.25, 0.3) is 0 Å². The standard InChI is InChI=1S/C19H26N2O2S/c22-17(18-6-4-10-23-18)11-15-5-2-1-3-9-21(15)13-16-12-20-19(24-16)14-7-8-14/h4,6,10,12,14-15,17,22H,1-3,5,7-9,11,13H2. The molecule has 0 amide bonds. The molecule has 2 aromatic rings. The van der Waals surface area contributed by atoms with Gasteiger partial charge in [-0.25, -0.2) is 4.98 Å². The van der Waals surface area contributed by atoms with Gasteiger partial charge in [-0.2, -0.15) is 0 Å². The maximum Gasteiger partial charge on any atom is 0.132 e. The van der Waals surface area contributed by atoms with Gasteiger partial charge >= 0.3 is 0 Å². The van der Waals surface area contributed by atoms with Gasteiger partial charge in [-0.05, 0) is 50.8 Å². The molecule has 130 valence electrons. The van der Waals surface area contributed by atoms with Crippen molar-refractivity contribution in [1.82, 2.24) is 9.88 Å². The molecule has 2 unspecified atom stereocenters. The van der Waals surface area contributed by atoms with E-state index in [1.54, 1.807) is 6.26 Å². The molecule has 2 atom stereocenters. The van der Waals surface area contributed by atoms with Crippen LogP contribution in [0.4, 0.5) is 0 Å². The number of rotatable bonds is 6. The molecule has 4 rings (SSSR count). The van der Waals surface area contributed by atoms with E-state index >= 15 is 0 Å². The molecule has 5 heteroatoms. The van der Waals surface area contributed by atoms with Crippen LogP contribution in [0.5, 0.6) is 0 Å². The third-order valence-corrected chi connectivity index (χ3v) is 6.37. The number of hydrogen-bond acceptors (Lipinski definition) is 5. The highest BCUT2D eigenvalue weighted by atomic mass is 32.1. The smallest absolute Gasteiger partial charge is 0.132 e. The fourth-order valence-corrected chi connectivity index (χ4v) is 4.79. The zero-order chi connectivity index (χ0) is 16.4. The van der Waals surface area contributed by atoms with Gasteiger partial charge in [-0.15, -0.1) is 11.3 Å². The average Bonchev–Trinajstić information content (AvgIpc) is 3.15. The second kappa shape index (κ2) is 7.38. The summed E-state index contributed by atoms with van der Waals surface area (Å²) < 4.78 is 5.38. The SMILES string of the molecule is OC(CC1CCCCCN1Cc1cnc(C2CC2)s1)c1ccco1. The molecule has 2 aliphatic rings. The number of nitrogens with zero attached hydrogens (tertiary/aromatic N) is 2. The highest BCUT2D eigenvalue weighted by Crippen LogP contribution is 2.42. The summed E-state index contributed by atoms with van der Waals surface area (Å²) in [5, 5.41) is 11.8. The Balaban J connectivity index is 1.42. The summed E-state index contributed by atoms with van der Waals surface area (Å²) in [6.45, 7) is 2.09. The first-order valence-corrected chi connectivity index (χ1v) is 10.0. The Kier molecular flexibility index (Phi) is 5.01. The summed E-state index contributed by atoms with van der Waals surface area (Å²) in [6, 6.07) is 4.14. The minimum atomic E-state index is -0.505. The Morgan fingerprint density at radius 3 is 3.00 bits per heavy atom. The quantitative estimate of drug-likeness (QED) is 0.838. The number of aliphatic hydroxyl groups excluding tert-OH is 1. The second-order valence-electron chi connectivity index (χ2n) is 7.18. The molecule has 1 saturated heterocycles. The Bertz CT molecular complexity index is 636. The zero-order valence-electron chi connectivity index (χ0n) is 14.1. The number of aromatic nitrogens is 1. The lowest BCUT2D eigenvalue weighted by Crippen LogP contribution is -2.35. The fourth-order valence-electron chi connectivity index (χ4n) is 3.68. The van der Waals surface area contributed by atoms with Crippen molar-refractivity contribution in [2.75, 3.05) is 6.54 Å². The topological polar surface area (TPSA) is 49.5 Å². The first-order chi connectivity index (χ1) is 11.8. The molecular weight excluding hydrogens is 320 g/mol. The first kappa shape index (κ1) is 16.3. The molecule has 1 aliphatic carbocycles. The third-order valence-electron chi connectivity index (χ3n) is 5.22. The van der Waals surface area contributed by atoms with Crippen molar-refractivity contribution in [3.05, 3.63) is 40.2 Å². The van der Waals surface area contributed by atoms with Crippen LogP contribution in [-0.4, -0.2) is 27.6 Å². The lowest BCUT2D eigenvalue weighted by Gasteiger charge is -2.30. The lowest BCUT2D eigenvalue weighted by atomic mass is 10.0. The molecule has 1 aliphatic heterocycles. The first-order valence-electron chi connectivity index (χ1n) is 9.19. The van der Waals surface area contributed by atoms with Gasteiger partial charge < -0.3 is 9.52 Å². The van der Waals surface area contributed by atoms with Gasteiger partial charge in [-0.1, -0.05) is 12.8 Å². The van der Waals surface area contributed by atoms with E-state index in [-0.39, 0.29) is 0 Å². The van der Waals surface area contributed by atoms with E-state index in [9.17, 15) is 5.11 Å². The van der Waals surface area contributed by atoms with E-state index < -0.39 is 6.10 Å². The minimum Gasteiger partial charge on any atom is -0.467 e. The fraction of sp³-hybridized carbons (Fsp3) is 0.632. The largest absolute Gasteiger partial charge is 0.467 e. The van der Waals surface area contributed by atoms with Crippen LogP contribution < -0.4 is 0 Å². The molecule has 24 heavy (non-hydrogen) atoms. The van der Waals surface area contributed by atoms with E-state index in [2.05, 4.69) is 16.1 Å². The minimum absolute atomic E-state index is 0.416. The van der Waals surface area contributed by atoms with Crippen molar-refractivity contribution in [2.24, 2.45) is 0 Å². The van der Waals surface area contributed by atoms with Gasteiger partial charge in [0, 0.05) is 29.6 Å². The summed E-state index contributed by atoms with van der Waals surface area (Å²) >= 11 is 1.89. The highest BCUT2D eigenvalue weighted by Gasteiger charge is 2.28. The number of aliphatic hydroxyl groups is 1. The molecule has 2 fully saturated rings. The van der Waals surface area contributed by atoms with Gasteiger partial charge in [0.05, 0.1) is 11.3 Å². The van der Waals surface area contributed by atoms with Crippen LogP contribution in [0.3, 0.4) is 0 Å². The van der Waals surface area contributed by atoms with Crippen LogP contribution in [0.15, 0.2) is 29.0 Å². The van der Waals surface area contributed by atoms with Gasteiger partial charge in [0.15, 0.2) is 0 Å². The van der Waals surface area contributed by atoms with Crippen LogP contribution in [0.2, 0.25) is 0 Å². The maximum atomic E-state index is 10.5. The summed E-state index contributed by atoms with van der Waals surface area (Å²) in [5.41, 5.74) is 0. The maximum absolute atomic E-state index is 10.5. The number of likely N-dealkylation sites (tertiary alicyclic amines) is 1. The van der Waals surface area contributed by atoms with E-state index in [4.69, 9.17) is 4.42 Å². The summed E-state index contributed by atoms with van der Waals surface area (Å²) in [6.07, 6.45) is 11.5. The van der Waals surface area contributed by atoms with Crippen LogP contribution in [0, 0.1) is 0 Å². The third kappa shape index (κ3) is 3.90. The van der Waals surface area contributed by atoms with Crippen LogP contribution in [-0.2, 0) is 6.54 Å². The Morgan fingerprint density at radius 2 is 2.21 bits per heavy atom. The van der Waals surface area contributed by atoms with Gasteiger partial charge in [0.2, 0.25) is 0 Å². The molecule has 3 heterocycles. The van der Waals surface area contributed by atoms with Crippen molar-refractivity contribution in [2.45, 2.75) is 69.6 Å². The summed E-state index contributed by atoms with van der Waals surface area (Å²) in [7, 11) is 0. The van der Waals surface area contributed by atoms with Crippen molar-refractivity contribution in [3.63, 3.8) is 0 Å². The molecular formula is C19H26N2O2S. The van der Waals surface area contributed by atoms with Gasteiger partial charge in [0.1, 0.15) is 11.9 Å². The number of thiazole rings is 1. The van der Waals surface area contributed by atoms with E-state index in [0.29, 0.717) is 11.8 Å². The summed E-state index contributed by atoms with van der Waals surface area (Å²) in [4.78, 5) is 8.55. The van der Waals surface area contributed by atoms with E-state index in [1.807, 2.05) is 23.5 Å². The van der Waals surface area contributed by atoms with Crippen LogP contribution in [0.25, 0.3) is 0 Å². The predicted molar refractivity (Wildman–Crippen MR) is 95.0 cm³/mol. The number of furan rings is 1. The van der Waals surface area contributed by atoms with Crippen molar-refractivity contribution < 1.29 is 9.52 Å².